The molecule has 1 atom stereocenters. The van der Waals surface area contributed by atoms with E-state index in [1.54, 1.807) is 0 Å². The van der Waals surface area contributed by atoms with E-state index in [1.807, 2.05) is 24.3 Å². The number of hydrogen-bond donors (Lipinski definition) is 3. The van der Waals surface area contributed by atoms with Gasteiger partial charge < -0.3 is 25.2 Å². The zero-order valence-electron chi connectivity index (χ0n) is 13.4. The van der Waals surface area contributed by atoms with Crippen LogP contribution in [0.5, 0.6) is 5.88 Å². The molecule has 1 fully saturated rings. The van der Waals surface area contributed by atoms with Crippen LogP contribution in [0, 0.1) is 0 Å². The first-order valence-corrected chi connectivity index (χ1v) is 7.92. The summed E-state index contributed by atoms with van der Waals surface area (Å²) in [6.07, 6.45) is -0.409. The fraction of sp³-hybridized carbons (Fsp3) is 0.500. The topological polar surface area (TPSA) is 90.7 Å². The van der Waals surface area contributed by atoms with Crippen molar-refractivity contribution in [1.82, 2.24) is 15.3 Å². The maximum Gasteiger partial charge on any atom is 0.229 e. The number of nitrogens with zero attached hydrogens (tertiary/aromatic N) is 3. The highest BCUT2D eigenvalue weighted by atomic mass is 35.5. The minimum absolute atomic E-state index is 0. The molecule has 0 bridgehead atoms. The maximum absolute atomic E-state index is 9.43. The number of piperazine rings is 1. The molecule has 7 nitrogen and oxygen atoms in total. The second kappa shape index (κ2) is 8.98. The first-order valence-electron chi connectivity index (χ1n) is 7.92. The number of nitrogens with one attached hydrogen (secondary N) is 1. The van der Waals surface area contributed by atoms with Crippen LogP contribution in [0.25, 0.3) is 10.9 Å². The number of halogens is 1. The molecule has 1 aliphatic heterocycles. The van der Waals surface area contributed by atoms with Crippen molar-refractivity contribution in [2.75, 3.05) is 44.3 Å². The van der Waals surface area contributed by atoms with Crippen LogP contribution in [0.1, 0.15) is 6.42 Å². The summed E-state index contributed by atoms with van der Waals surface area (Å²) >= 11 is 0. The molecule has 1 aromatic heterocycles. The first-order chi connectivity index (χ1) is 11.3. The highest BCUT2D eigenvalue weighted by Crippen LogP contribution is 2.25. The van der Waals surface area contributed by atoms with Crippen molar-refractivity contribution in [3.05, 3.63) is 24.3 Å². The SMILES string of the molecule is Cl.OC[C@H](O)CCOc1nc(N2CCNCC2)nc2ccccc12. The predicted molar refractivity (Wildman–Crippen MR) is 95.1 cm³/mol. The third-order valence-electron chi connectivity index (χ3n) is 3.86. The lowest BCUT2D eigenvalue weighted by molar-refractivity contribution is 0.0750. The minimum Gasteiger partial charge on any atom is -0.477 e. The van der Waals surface area contributed by atoms with Gasteiger partial charge in [-0.3, -0.25) is 0 Å². The van der Waals surface area contributed by atoms with E-state index in [4.69, 9.17) is 9.84 Å². The molecule has 0 saturated carbocycles. The quantitative estimate of drug-likeness (QED) is 0.699. The van der Waals surface area contributed by atoms with Crippen LogP contribution in [0.4, 0.5) is 5.95 Å². The average Bonchev–Trinajstić information content (AvgIpc) is 2.62. The Kier molecular flexibility index (Phi) is 6.99. The summed E-state index contributed by atoms with van der Waals surface area (Å²) in [6.45, 7) is 3.58. The van der Waals surface area contributed by atoms with Gasteiger partial charge >= 0.3 is 0 Å². The minimum atomic E-state index is -0.768. The molecule has 3 rings (SSSR count). The van der Waals surface area contributed by atoms with Crippen LogP contribution in [-0.4, -0.2) is 65.7 Å². The van der Waals surface area contributed by atoms with Crippen molar-refractivity contribution in [3.8, 4) is 5.88 Å². The Bertz CT molecular complexity index is 652. The Labute approximate surface area is 147 Å². The molecule has 3 N–H and O–H groups in total. The Balaban J connectivity index is 0.00000208. The van der Waals surface area contributed by atoms with E-state index in [-0.39, 0.29) is 19.0 Å². The number of benzene rings is 1. The molecule has 1 aliphatic rings. The predicted octanol–water partition coefficient (Wildman–Crippen LogP) is 0.583. The summed E-state index contributed by atoms with van der Waals surface area (Å²) in [5.74, 6) is 1.19. The van der Waals surface area contributed by atoms with Crippen LogP contribution in [0.3, 0.4) is 0 Å². The average molecular weight is 355 g/mol. The van der Waals surface area contributed by atoms with Gasteiger partial charge in [0.15, 0.2) is 0 Å². The lowest BCUT2D eigenvalue weighted by Gasteiger charge is -2.27. The molecule has 132 valence electrons. The van der Waals surface area contributed by atoms with Gasteiger partial charge in [-0.15, -0.1) is 12.4 Å². The molecule has 0 radical (unpaired) electrons. The number of hydrogen-bond acceptors (Lipinski definition) is 7. The second-order valence-electron chi connectivity index (χ2n) is 5.56. The maximum atomic E-state index is 9.43. The van der Waals surface area contributed by atoms with Gasteiger partial charge in [0.05, 0.1) is 30.2 Å². The summed E-state index contributed by atoms with van der Waals surface area (Å²) in [6, 6.07) is 7.73. The molecule has 0 aliphatic carbocycles. The number of rotatable bonds is 6. The summed E-state index contributed by atoms with van der Waals surface area (Å²) in [7, 11) is 0. The van der Waals surface area contributed by atoms with E-state index < -0.39 is 6.10 Å². The molecule has 1 saturated heterocycles. The van der Waals surface area contributed by atoms with Gasteiger partial charge in [-0.25, -0.2) is 4.98 Å². The number of fused-ring (bicyclic) bond motifs is 1. The standard InChI is InChI=1S/C16H22N4O3.ClH/c21-11-12(22)5-10-23-15-13-3-1-2-4-14(13)18-16(19-15)20-8-6-17-7-9-20;/h1-4,12,17,21-22H,5-11H2;1H/t12-;/m1./s1. The molecule has 0 unspecified atom stereocenters. The highest BCUT2D eigenvalue weighted by Gasteiger charge is 2.16. The van der Waals surface area contributed by atoms with Crippen LogP contribution >= 0.6 is 12.4 Å². The van der Waals surface area contributed by atoms with Gasteiger partial charge in [0.2, 0.25) is 11.8 Å². The molecular formula is C16H23ClN4O3. The number of ether oxygens (including phenoxy) is 1. The second-order valence-corrected chi connectivity index (χ2v) is 5.56. The van der Waals surface area contributed by atoms with E-state index in [0.717, 1.165) is 37.1 Å². The monoisotopic (exact) mass is 354 g/mol. The number of aliphatic hydroxyl groups is 2. The molecule has 8 heteroatoms. The van der Waals surface area contributed by atoms with Crippen molar-refractivity contribution in [3.63, 3.8) is 0 Å². The molecule has 1 aromatic carbocycles. The van der Waals surface area contributed by atoms with E-state index in [2.05, 4.69) is 20.2 Å². The third-order valence-corrected chi connectivity index (χ3v) is 3.86. The third kappa shape index (κ3) is 4.45. The normalized spacial score (nSPS) is 15.8. The van der Waals surface area contributed by atoms with Gasteiger partial charge in [0.1, 0.15) is 0 Å². The van der Waals surface area contributed by atoms with E-state index in [1.165, 1.54) is 0 Å². The number of aliphatic hydroxyl groups excluding tert-OH is 2. The summed E-state index contributed by atoms with van der Waals surface area (Å²) in [5, 5.41) is 22.5. The molecule has 24 heavy (non-hydrogen) atoms. The zero-order chi connectivity index (χ0) is 16.1. The molecule has 0 spiro atoms. The number of para-hydroxylation sites is 1. The van der Waals surface area contributed by atoms with Crippen LogP contribution < -0.4 is 15.0 Å². The van der Waals surface area contributed by atoms with Crippen molar-refractivity contribution in [2.45, 2.75) is 12.5 Å². The first kappa shape index (κ1) is 18.7. The Morgan fingerprint density at radius 2 is 1.96 bits per heavy atom. The van der Waals surface area contributed by atoms with Crippen LogP contribution in [0.15, 0.2) is 24.3 Å². The van der Waals surface area contributed by atoms with Crippen molar-refractivity contribution in [2.24, 2.45) is 0 Å². The van der Waals surface area contributed by atoms with Gasteiger partial charge in [0.25, 0.3) is 0 Å². The van der Waals surface area contributed by atoms with Crippen molar-refractivity contribution >= 4 is 29.3 Å². The largest absolute Gasteiger partial charge is 0.477 e. The highest BCUT2D eigenvalue weighted by molar-refractivity contribution is 5.85. The number of anilines is 1. The van der Waals surface area contributed by atoms with Crippen LogP contribution in [0.2, 0.25) is 0 Å². The fourth-order valence-corrected chi connectivity index (χ4v) is 2.53. The van der Waals surface area contributed by atoms with Crippen molar-refractivity contribution in [1.29, 1.82) is 0 Å². The number of aromatic nitrogens is 2. The molecular weight excluding hydrogens is 332 g/mol. The fourth-order valence-electron chi connectivity index (χ4n) is 2.53. The Morgan fingerprint density at radius 3 is 2.71 bits per heavy atom. The smallest absolute Gasteiger partial charge is 0.229 e. The van der Waals surface area contributed by atoms with Gasteiger partial charge in [-0.1, -0.05) is 12.1 Å². The van der Waals surface area contributed by atoms with Crippen LogP contribution in [-0.2, 0) is 0 Å². The van der Waals surface area contributed by atoms with E-state index in [0.29, 0.717) is 24.9 Å². The molecule has 2 aromatic rings. The lowest BCUT2D eigenvalue weighted by atomic mass is 10.2. The Hall–Kier alpha value is -1.67. The van der Waals surface area contributed by atoms with Crippen molar-refractivity contribution < 1.29 is 14.9 Å². The molecule has 0 amide bonds. The van der Waals surface area contributed by atoms with E-state index >= 15 is 0 Å². The summed E-state index contributed by atoms with van der Waals surface area (Å²) in [5.41, 5.74) is 0.841. The van der Waals surface area contributed by atoms with E-state index in [9.17, 15) is 5.11 Å². The Morgan fingerprint density at radius 1 is 1.21 bits per heavy atom. The van der Waals surface area contributed by atoms with Gasteiger partial charge in [-0.2, -0.15) is 4.98 Å². The zero-order valence-corrected chi connectivity index (χ0v) is 14.2. The van der Waals surface area contributed by atoms with Gasteiger partial charge in [-0.05, 0) is 12.1 Å². The summed E-state index contributed by atoms with van der Waals surface area (Å²) < 4.78 is 5.76. The summed E-state index contributed by atoms with van der Waals surface area (Å²) in [4.78, 5) is 11.3. The lowest BCUT2D eigenvalue weighted by Crippen LogP contribution is -2.44. The van der Waals surface area contributed by atoms with Gasteiger partial charge in [0, 0.05) is 32.6 Å². The molecule has 2 heterocycles.